The number of nitrogens with one attached hydrogen (secondary N) is 1. The van der Waals surface area contributed by atoms with Crippen LogP contribution in [0.2, 0.25) is 0 Å². The van der Waals surface area contributed by atoms with Crippen molar-refractivity contribution in [3.05, 3.63) is 77.2 Å². The predicted molar refractivity (Wildman–Crippen MR) is 102 cm³/mol. The van der Waals surface area contributed by atoms with Crippen LogP contribution in [-0.2, 0) is 16.1 Å². The molecule has 144 valence electrons. The molecule has 0 aliphatic heterocycles. The third-order valence-corrected chi connectivity index (χ3v) is 3.96. The molecule has 0 aliphatic carbocycles. The number of benzene rings is 2. The van der Waals surface area contributed by atoms with Crippen LogP contribution in [0, 0.1) is 13.8 Å². The van der Waals surface area contributed by atoms with Crippen molar-refractivity contribution in [2.75, 3.05) is 11.9 Å². The van der Waals surface area contributed by atoms with Crippen LogP contribution in [0.1, 0.15) is 27.4 Å². The third kappa shape index (κ3) is 4.97. The number of anilines is 1. The second-order valence-electron chi connectivity index (χ2n) is 6.12. The Bertz CT molecular complexity index is 929. The summed E-state index contributed by atoms with van der Waals surface area (Å²) in [4.78, 5) is 24.0. The zero-order chi connectivity index (χ0) is 19.9. The van der Waals surface area contributed by atoms with E-state index < -0.39 is 18.5 Å². The van der Waals surface area contributed by atoms with Gasteiger partial charge in [0.2, 0.25) is 0 Å². The van der Waals surface area contributed by atoms with Gasteiger partial charge in [0.25, 0.3) is 5.91 Å². The van der Waals surface area contributed by atoms with E-state index in [1.807, 2.05) is 30.3 Å². The van der Waals surface area contributed by atoms with E-state index >= 15 is 0 Å². The molecule has 7 heteroatoms. The summed E-state index contributed by atoms with van der Waals surface area (Å²) in [7, 11) is 0. The highest BCUT2D eigenvalue weighted by Crippen LogP contribution is 2.17. The van der Waals surface area contributed by atoms with Crippen LogP contribution < -0.4 is 10.1 Å². The standard InChI is InChI=1S/C21H20N2O5/c1-14-20(15(2)28-23-14)21(25)27-13-19(24)22-17-8-10-18(11-9-17)26-12-16-6-4-3-5-7-16/h3-11H,12-13H2,1-2H3,(H,22,24). The summed E-state index contributed by atoms with van der Waals surface area (Å²) >= 11 is 0. The maximum atomic E-state index is 12.0. The van der Waals surface area contributed by atoms with E-state index in [2.05, 4.69) is 10.5 Å². The van der Waals surface area contributed by atoms with E-state index in [0.717, 1.165) is 5.56 Å². The van der Waals surface area contributed by atoms with E-state index in [1.165, 1.54) is 0 Å². The van der Waals surface area contributed by atoms with Crippen LogP contribution in [0.15, 0.2) is 59.1 Å². The molecule has 1 aromatic heterocycles. The van der Waals surface area contributed by atoms with Crippen molar-refractivity contribution in [2.45, 2.75) is 20.5 Å². The van der Waals surface area contributed by atoms with E-state index in [9.17, 15) is 9.59 Å². The van der Waals surface area contributed by atoms with Crippen molar-refractivity contribution in [1.82, 2.24) is 5.16 Å². The average molecular weight is 380 g/mol. The Morgan fingerprint density at radius 1 is 1.04 bits per heavy atom. The zero-order valence-electron chi connectivity index (χ0n) is 15.6. The van der Waals surface area contributed by atoms with Gasteiger partial charge in [0, 0.05) is 5.69 Å². The van der Waals surface area contributed by atoms with Crippen LogP contribution in [-0.4, -0.2) is 23.6 Å². The molecule has 28 heavy (non-hydrogen) atoms. The minimum atomic E-state index is -0.643. The largest absolute Gasteiger partial charge is 0.489 e. The highest BCUT2D eigenvalue weighted by atomic mass is 16.5. The van der Waals surface area contributed by atoms with Gasteiger partial charge < -0.3 is 19.3 Å². The molecular weight excluding hydrogens is 360 g/mol. The lowest BCUT2D eigenvalue weighted by atomic mass is 10.2. The van der Waals surface area contributed by atoms with Crippen LogP contribution in [0.5, 0.6) is 5.75 Å². The Labute approximate surface area is 162 Å². The molecule has 7 nitrogen and oxygen atoms in total. The van der Waals surface area contributed by atoms with Crippen LogP contribution in [0.4, 0.5) is 5.69 Å². The normalized spacial score (nSPS) is 10.4. The highest BCUT2D eigenvalue weighted by Gasteiger charge is 2.19. The van der Waals surface area contributed by atoms with Gasteiger partial charge in [-0.3, -0.25) is 4.79 Å². The van der Waals surface area contributed by atoms with Crippen LogP contribution >= 0.6 is 0 Å². The van der Waals surface area contributed by atoms with Crippen molar-refractivity contribution in [3.8, 4) is 5.75 Å². The molecule has 3 aromatic rings. The summed E-state index contributed by atoms with van der Waals surface area (Å²) < 4.78 is 15.6. The predicted octanol–water partition coefficient (Wildman–Crippen LogP) is 3.67. The van der Waals surface area contributed by atoms with E-state index in [-0.39, 0.29) is 5.56 Å². The van der Waals surface area contributed by atoms with Gasteiger partial charge in [0.15, 0.2) is 6.61 Å². The lowest BCUT2D eigenvalue weighted by Gasteiger charge is -2.09. The summed E-state index contributed by atoms with van der Waals surface area (Å²) in [5.74, 6) is -0.0465. The number of ether oxygens (including phenoxy) is 2. The Morgan fingerprint density at radius 2 is 1.75 bits per heavy atom. The molecule has 0 radical (unpaired) electrons. The zero-order valence-corrected chi connectivity index (χ0v) is 15.6. The second-order valence-corrected chi connectivity index (χ2v) is 6.12. The maximum absolute atomic E-state index is 12.0. The SMILES string of the molecule is Cc1noc(C)c1C(=O)OCC(=O)Nc1ccc(OCc2ccccc2)cc1. The van der Waals surface area contributed by atoms with Crippen molar-refractivity contribution in [1.29, 1.82) is 0 Å². The van der Waals surface area contributed by atoms with Crippen LogP contribution in [0.3, 0.4) is 0 Å². The van der Waals surface area contributed by atoms with Gasteiger partial charge in [-0.05, 0) is 43.7 Å². The fraction of sp³-hybridized carbons (Fsp3) is 0.190. The molecule has 1 heterocycles. The number of carbonyl (C=O) groups is 2. The smallest absolute Gasteiger partial charge is 0.344 e. The molecule has 0 aliphatic rings. The summed E-state index contributed by atoms with van der Waals surface area (Å²) in [5.41, 5.74) is 2.31. The molecule has 1 N–H and O–H groups in total. The molecule has 0 unspecified atom stereocenters. The average Bonchev–Trinajstić information content (AvgIpc) is 3.05. The van der Waals surface area contributed by atoms with Crippen molar-refractivity contribution >= 4 is 17.6 Å². The summed E-state index contributed by atoms with van der Waals surface area (Å²) in [6.45, 7) is 3.30. The van der Waals surface area contributed by atoms with Gasteiger partial charge in [-0.15, -0.1) is 0 Å². The Hall–Kier alpha value is -3.61. The first kappa shape index (κ1) is 19.2. The summed E-state index contributed by atoms with van der Waals surface area (Å²) in [6.07, 6.45) is 0. The monoisotopic (exact) mass is 380 g/mol. The Morgan fingerprint density at radius 3 is 2.39 bits per heavy atom. The second kappa shape index (κ2) is 8.85. The number of amides is 1. The fourth-order valence-corrected chi connectivity index (χ4v) is 2.55. The van der Waals surface area contributed by atoms with Gasteiger partial charge in [-0.25, -0.2) is 4.79 Å². The number of carbonyl (C=O) groups excluding carboxylic acids is 2. The lowest BCUT2D eigenvalue weighted by Crippen LogP contribution is -2.21. The van der Waals surface area contributed by atoms with Gasteiger partial charge >= 0.3 is 5.97 Å². The van der Waals surface area contributed by atoms with Gasteiger partial charge in [-0.2, -0.15) is 0 Å². The molecular formula is C21H20N2O5. The topological polar surface area (TPSA) is 90.7 Å². The van der Waals surface area contributed by atoms with E-state index in [4.69, 9.17) is 14.0 Å². The molecule has 0 saturated carbocycles. The van der Waals surface area contributed by atoms with Crippen molar-refractivity contribution < 1.29 is 23.6 Å². The van der Waals surface area contributed by atoms with Crippen molar-refractivity contribution in [3.63, 3.8) is 0 Å². The number of rotatable bonds is 7. The molecule has 0 bridgehead atoms. The van der Waals surface area contributed by atoms with Crippen molar-refractivity contribution in [2.24, 2.45) is 0 Å². The third-order valence-electron chi connectivity index (χ3n) is 3.96. The molecule has 1 amide bonds. The summed E-state index contributed by atoms with van der Waals surface area (Å²) in [5, 5.41) is 6.35. The number of nitrogens with zero attached hydrogens (tertiary/aromatic N) is 1. The first-order valence-electron chi connectivity index (χ1n) is 8.69. The number of aromatic nitrogens is 1. The minimum absolute atomic E-state index is 0.243. The molecule has 3 rings (SSSR count). The molecule has 2 aromatic carbocycles. The van der Waals surface area contributed by atoms with Crippen LogP contribution in [0.25, 0.3) is 0 Å². The Balaban J connectivity index is 1.47. The van der Waals surface area contributed by atoms with E-state index in [0.29, 0.717) is 29.5 Å². The minimum Gasteiger partial charge on any atom is -0.489 e. The molecule has 0 saturated heterocycles. The quantitative estimate of drug-likeness (QED) is 0.629. The van der Waals surface area contributed by atoms with Gasteiger partial charge in [-0.1, -0.05) is 35.5 Å². The first-order valence-corrected chi connectivity index (χ1v) is 8.69. The maximum Gasteiger partial charge on any atom is 0.344 e. The van der Waals surface area contributed by atoms with Gasteiger partial charge in [0.05, 0.1) is 5.69 Å². The number of hydrogen-bond donors (Lipinski definition) is 1. The van der Waals surface area contributed by atoms with E-state index in [1.54, 1.807) is 38.1 Å². The molecule has 0 fully saturated rings. The lowest BCUT2D eigenvalue weighted by molar-refractivity contribution is -0.119. The Kier molecular flexibility index (Phi) is 6.06. The number of hydrogen-bond acceptors (Lipinski definition) is 6. The first-order chi connectivity index (χ1) is 13.5. The molecule has 0 atom stereocenters. The summed E-state index contributed by atoms with van der Waals surface area (Å²) in [6, 6.07) is 16.8. The highest BCUT2D eigenvalue weighted by molar-refractivity contribution is 5.96. The number of aryl methyl sites for hydroxylation is 2. The fourth-order valence-electron chi connectivity index (χ4n) is 2.55. The molecule has 0 spiro atoms. The number of esters is 1. The van der Waals surface area contributed by atoms with Gasteiger partial charge in [0.1, 0.15) is 23.7 Å².